The van der Waals surface area contributed by atoms with Crippen LogP contribution in [0.2, 0.25) is 0 Å². The van der Waals surface area contributed by atoms with Crippen LogP contribution in [0.1, 0.15) is 226 Å². The largest absolute Gasteiger partial charge is 0.131 e. The number of hydrogen-bond acceptors (Lipinski definition) is 0. The molecule has 0 rings (SSSR count). The Bertz CT molecular complexity index is 371. The van der Waals surface area contributed by atoms with Gasteiger partial charge in [0.1, 0.15) is 0 Å². The zero-order chi connectivity index (χ0) is 27.1. The van der Waals surface area contributed by atoms with Crippen molar-refractivity contribution in [1.82, 2.24) is 0 Å². The molecule has 1 atom stereocenters. The first-order valence-electron chi connectivity index (χ1n) is 18.0. The van der Waals surface area contributed by atoms with Gasteiger partial charge in [0.2, 0.25) is 0 Å². The van der Waals surface area contributed by atoms with Crippen molar-refractivity contribution >= 4 is 9.24 Å². The third-order valence-corrected chi connectivity index (χ3v) is 9.67. The molecule has 0 aromatic rings. The maximum absolute atomic E-state index is 3.33. The lowest BCUT2D eigenvalue weighted by Crippen LogP contribution is -2.20. The molecule has 1 heteroatoms. The first kappa shape index (κ1) is 37.4. The van der Waals surface area contributed by atoms with Crippen molar-refractivity contribution in [2.45, 2.75) is 231 Å². The van der Waals surface area contributed by atoms with Crippen molar-refractivity contribution in [2.24, 2.45) is 0 Å². The summed E-state index contributed by atoms with van der Waals surface area (Å²) in [6, 6.07) is 0. The van der Waals surface area contributed by atoms with Crippen molar-refractivity contribution in [2.75, 3.05) is 0 Å². The van der Waals surface area contributed by atoms with Gasteiger partial charge in [-0.1, -0.05) is 207 Å². The Labute approximate surface area is 240 Å². The fourth-order valence-electron chi connectivity index (χ4n) is 6.22. The first-order chi connectivity index (χ1) is 18.2. The van der Waals surface area contributed by atoms with E-state index in [4.69, 9.17) is 0 Å². The van der Waals surface area contributed by atoms with E-state index >= 15 is 0 Å². The molecule has 0 fully saturated rings. The average Bonchev–Trinajstić information content (AvgIpc) is 2.89. The van der Waals surface area contributed by atoms with Gasteiger partial charge in [0, 0.05) is 0 Å². The quantitative estimate of drug-likeness (QED) is 0.0590. The second kappa shape index (κ2) is 31.0. The van der Waals surface area contributed by atoms with E-state index in [9.17, 15) is 0 Å². The van der Waals surface area contributed by atoms with Crippen LogP contribution in [0.5, 0.6) is 0 Å². The molecule has 0 heterocycles. The molecule has 0 aliphatic heterocycles. The molecule has 0 saturated carbocycles. The van der Waals surface area contributed by atoms with Crippen molar-refractivity contribution < 1.29 is 0 Å². The number of unbranched alkanes of at least 4 members (excludes halogenated alkanes) is 26. The van der Waals surface area contributed by atoms with Crippen LogP contribution in [0.25, 0.3) is 0 Å². The second-order valence-corrected chi connectivity index (χ2v) is 14.0. The molecule has 0 saturated heterocycles. The van der Waals surface area contributed by atoms with E-state index in [-0.39, 0.29) is 0 Å². The van der Waals surface area contributed by atoms with Crippen molar-refractivity contribution in [3.05, 3.63) is 0 Å². The van der Waals surface area contributed by atoms with Gasteiger partial charge in [0.05, 0.1) is 0 Å². The Morgan fingerprint density at radius 3 is 0.703 bits per heavy atom. The topological polar surface area (TPSA) is 0 Å². The van der Waals surface area contributed by atoms with E-state index in [0.717, 1.165) is 0 Å². The van der Waals surface area contributed by atoms with Gasteiger partial charge in [-0.25, -0.2) is 0 Å². The van der Waals surface area contributed by atoms with Crippen LogP contribution in [-0.2, 0) is 0 Å². The van der Waals surface area contributed by atoms with Gasteiger partial charge in [-0.05, 0) is 24.4 Å². The predicted octanol–water partition coefficient (Wildman–Crippen LogP) is 14.1. The third-order valence-electron chi connectivity index (χ3n) is 8.80. The molecule has 1 unspecified atom stereocenters. The van der Waals surface area contributed by atoms with E-state index in [1.165, 1.54) is 205 Å². The molecule has 0 N–H and O–H groups in total. The van der Waals surface area contributed by atoms with E-state index in [0.29, 0.717) is 5.16 Å². The van der Waals surface area contributed by atoms with Crippen LogP contribution in [-0.4, -0.2) is 5.16 Å². The summed E-state index contributed by atoms with van der Waals surface area (Å²) < 4.78 is 0. The molecule has 0 bridgehead atoms. The highest BCUT2D eigenvalue weighted by atomic mass is 31.0. The normalized spacial score (nSPS) is 12.0. The molecule has 0 radical (unpaired) electrons. The molecule has 224 valence electrons. The summed E-state index contributed by atoms with van der Waals surface area (Å²) in [7, 11) is 3.33. The summed E-state index contributed by atoms with van der Waals surface area (Å²) in [5.74, 6) is 0. The van der Waals surface area contributed by atoms with Crippen LogP contribution in [0, 0.1) is 0 Å². The lowest BCUT2D eigenvalue weighted by atomic mass is 9.89. The Morgan fingerprint density at radius 1 is 0.270 bits per heavy atom. The minimum absolute atomic E-state index is 0.545. The minimum atomic E-state index is 0.545. The first-order valence-corrected chi connectivity index (χ1v) is 18.5. The monoisotopic (exact) mass is 539 g/mol. The summed E-state index contributed by atoms with van der Waals surface area (Å²) in [5.41, 5.74) is 0. The zero-order valence-corrected chi connectivity index (χ0v) is 27.9. The standard InChI is InChI=1S/C36H75P/c1-4-7-9-11-13-15-17-19-21-23-25-27-29-31-34-36(37,33-6-3)35-32-30-28-26-24-22-20-18-16-14-12-10-8-5-2/h4-35,37H2,1-3H3. The van der Waals surface area contributed by atoms with Gasteiger partial charge in [0.25, 0.3) is 0 Å². The van der Waals surface area contributed by atoms with Gasteiger partial charge in [-0.15, -0.1) is 9.24 Å². The van der Waals surface area contributed by atoms with Crippen LogP contribution >= 0.6 is 9.24 Å². The molecule has 0 aromatic carbocycles. The molecule has 37 heavy (non-hydrogen) atoms. The molecule has 0 spiro atoms. The molecule has 0 aromatic heterocycles. The molecular weight excluding hydrogens is 463 g/mol. The van der Waals surface area contributed by atoms with Gasteiger partial charge in [-0.3, -0.25) is 0 Å². The van der Waals surface area contributed by atoms with Crippen molar-refractivity contribution in [1.29, 1.82) is 0 Å². The highest BCUT2D eigenvalue weighted by Crippen LogP contribution is 2.36. The van der Waals surface area contributed by atoms with Gasteiger partial charge in [0.15, 0.2) is 0 Å². The van der Waals surface area contributed by atoms with Gasteiger partial charge >= 0.3 is 0 Å². The van der Waals surface area contributed by atoms with Crippen LogP contribution < -0.4 is 0 Å². The van der Waals surface area contributed by atoms with E-state index in [1.54, 1.807) is 0 Å². The molecule has 0 aliphatic carbocycles. The van der Waals surface area contributed by atoms with E-state index < -0.39 is 0 Å². The number of rotatable bonds is 32. The maximum atomic E-state index is 3.33. The summed E-state index contributed by atoms with van der Waals surface area (Å²) in [5, 5.41) is 0.545. The fraction of sp³-hybridized carbons (Fsp3) is 1.00. The highest BCUT2D eigenvalue weighted by Gasteiger charge is 2.22. The SMILES string of the molecule is CCCCCCCCCCCCCCCCC(P)(CCC)CCCCCCCCCCCCCCCC. The lowest BCUT2D eigenvalue weighted by molar-refractivity contribution is 0.414. The highest BCUT2D eigenvalue weighted by molar-refractivity contribution is 7.19. The molecule has 0 nitrogen and oxygen atoms in total. The van der Waals surface area contributed by atoms with Gasteiger partial charge in [-0.2, -0.15) is 0 Å². The fourth-order valence-corrected chi connectivity index (χ4v) is 6.91. The lowest BCUT2D eigenvalue weighted by Gasteiger charge is -2.29. The van der Waals surface area contributed by atoms with Crippen molar-refractivity contribution in [3.8, 4) is 0 Å². The minimum Gasteiger partial charge on any atom is -0.131 e. The Balaban J connectivity index is 3.52. The predicted molar refractivity (Wildman–Crippen MR) is 177 cm³/mol. The molecule has 0 aliphatic rings. The molecule has 0 amide bonds. The smallest absolute Gasteiger partial charge is 0.0150 e. The van der Waals surface area contributed by atoms with Crippen LogP contribution in [0.4, 0.5) is 0 Å². The average molecular weight is 539 g/mol. The summed E-state index contributed by atoms with van der Waals surface area (Å²) in [6.07, 6.45) is 46.7. The summed E-state index contributed by atoms with van der Waals surface area (Å²) in [4.78, 5) is 0. The summed E-state index contributed by atoms with van der Waals surface area (Å²) in [6.45, 7) is 7.00. The molecular formula is C36H75P. The second-order valence-electron chi connectivity index (χ2n) is 12.8. The maximum Gasteiger partial charge on any atom is -0.0150 e. The number of hydrogen-bond donors (Lipinski definition) is 0. The Morgan fingerprint density at radius 2 is 0.486 bits per heavy atom. The van der Waals surface area contributed by atoms with E-state index in [1.807, 2.05) is 0 Å². The zero-order valence-electron chi connectivity index (χ0n) is 26.7. The van der Waals surface area contributed by atoms with Crippen molar-refractivity contribution in [3.63, 3.8) is 0 Å². The van der Waals surface area contributed by atoms with Crippen LogP contribution in [0.3, 0.4) is 0 Å². The summed E-state index contributed by atoms with van der Waals surface area (Å²) >= 11 is 0. The third kappa shape index (κ3) is 29.2. The van der Waals surface area contributed by atoms with Gasteiger partial charge < -0.3 is 0 Å². The Kier molecular flexibility index (Phi) is 31.3. The Hall–Kier alpha value is 0.430. The van der Waals surface area contributed by atoms with E-state index in [2.05, 4.69) is 30.0 Å². The van der Waals surface area contributed by atoms with Crippen LogP contribution in [0.15, 0.2) is 0 Å².